The number of aromatic nitrogens is 2. The number of hydrogen-bond acceptors (Lipinski definition) is 5. The summed E-state index contributed by atoms with van der Waals surface area (Å²) in [5.41, 5.74) is 1.65. The minimum Gasteiger partial charge on any atom is -0.336 e. The normalized spacial score (nSPS) is 15.6. The maximum atomic E-state index is 12.5. The Balaban J connectivity index is 1.36. The Bertz CT molecular complexity index is 854. The summed E-state index contributed by atoms with van der Waals surface area (Å²) < 4.78 is 1.22. The molecule has 0 spiro atoms. The average Bonchev–Trinajstić information content (AvgIpc) is 3.05. The van der Waals surface area contributed by atoms with Crippen molar-refractivity contribution in [2.24, 2.45) is 0 Å². The highest BCUT2D eigenvalue weighted by Gasteiger charge is 2.23. The van der Waals surface area contributed by atoms with E-state index in [4.69, 9.17) is 16.6 Å². The molecule has 4 rings (SSSR count). The Labute approximate surface area is 154 Å². The number of halogens is 1. The van der Waals surface area contributed by atoms with Crippen LogP contribution in [0.15, 0.2) is 42.6 Å². The van der Waals surface area contributed by atoms with Crippen LogP contribution in [-0.2, 0) is 6.54 Å². The third-order valence-electron chi connectivity index (χ3n) is 4.33. The summed E-state index contributed by atoms with van der Waals surface area (Å²) in [6.45, 7) is 3.97. The van der Waals surface area contributed by atoms with E-state index >= 15 is 0 Å². The minimum atomic E-state index is 0.0174. The predicted molar refractivity (Wildman–Crippen MR) is 100 cm³/mol. The van der Waals surface area contributed by atoms with E-state index in [9.17, 15) is 4.79 Å². The standard InChI is InChI=1S/C18H17ClN4OS/c19-16-6-5-13(11-20-16)18(24)23-9-7-22(8-10-23)12-17-21-14-3-1-2-4-15(14)25-17/h1-6,11H,7-10,12H2. The molecule has 128 valence electrons. The van der Waals surface area contributed by atoms with E-state index < -0.39 is 0 Å². The first-order chi connectivity index (χ1) is 12.2. The minimum absolute atomic E-state index is 0.0174. The van der Waals surface area contributed by atoms with Gasteiger partial charge in [-0.25, -0.2) is 9.97 Å². The highest BCUT2D eigenvalue weighted by atomic mass is 35.5. The second-order valence-electron chi connectivity index (χ2n) is 6.01. The topological polar surface area (TPSA) is 49.3 Å². The Morgan fingerprint density at radius 2 is 1.92 bits per heavy atom. The van der Waals surface area contributed by atoms with Gasteiger partial charge in [0.1, 0.15) is 10.2 Å². The molecule has 1 aromatic carbocycles. The largest absolute Gasteiger partial charge is 0.336 e. The summed E-state index contributed by atoms with van der Waals surface area (Å²) in [7, 11) is 0. The quantitative estimate of drug-likeness (QED) is 0.662. The lowest BCUT2D eigenvalue weighted by Crippen LogP contribution is -2.48. The SMILES string of the molecule is O=C(c1ccc(Cl)nc1)N1CCN(Cc2nc3ccccc3s2)CC1. The number of thiazole rings is 1. The maximum absolute atomic E-state index is 12.5. The van der Waals surface area contributed by atoms with Gasteiger partial charge in [-0.05, 0) is 24.3 Å². The van der Waals surface area contributed by atoms with Gasteiger partial charge >= 0.3 is 0 Å². The number of carbonyl (C=O) groups is 1. The molecule has 1 aliphatic rings. The van der Waals surface area contributed by atoms with E-state index in [2.05, 4.69) is 16.0 Å². The van der Waals surface area contributed by atoms with Gasteiger partial charge in [-0.2, -0.15) is 0 Å². The summed E-state index contributed by atoms with van der Waals surface area (Å²) in [4.78, 5) is 25.4. The highest BCUT2D eigenvalue weighted by molar-refractivity contribution is 7.18. The lowest BCUT2D eigenvalue weighted by Gasteiger charge is -2.34. The summed E-state index contributed by atoms with van der Waals surface area (Å²) in [6.07, 6.45) is 1.54. The van der Waals surface area contributed by atoms with Crippen LogP contribution in [-0.4, -0.2) is 51.9 Å². The third-order valence-corrected chi connectivity index (χ3v) is 5.58. The Hall–Kier alpha value is -2.02. The van der Waals surface area contributed by atoms with Crippen molar-refractivity contribution in [3.63, 3.8) is 0 Å². The lowest BCUT2D eigenvalue weighted by atomic mass is 10.2. The first-order valence-electron chi connectivity index (χ1n) is 8.17. The zero-order valence-corrected chi connectivity index (χ0v) is 15.1. The molecule has 3 aromatic rings. The summed E-state index contributed by atoms with van der Waals surface area (Å²) >= 11 is 7.52. The molecule has 1 fully saturated rings. The number of fused-ring (bicyclic) bond motifs is 1. The van der Waals surface area contributed by atoms with Gasteiger partial charge in [0.15, 0.2) is 0 Å². The predicted octanol–water partition coefficient (Wildman–Crippen LogP) is 3.30. The van der Waals surface area contributed by atoms with Crippen LogP contribution in [0.4, 0.5) is 0 Å². The molecule has 0 saturated carbocycles. The first-order valence-corrected chi connectivity index (χ1v) is 9.36. The van der Waals surface area contributed by atoms with Gasteiger partial charge in [0, 0.05) is 32.4 Å². The number of benzene rings is 1. The number of rotatable bonds is 3. The molecular weight excluding hydrogens is 356 g/mol. The van der Waals surface area contributed by atoms with Crippen LogP contribution in [0.3, 0.4) is 0 Å². The molecular formula is C18H17ClN4OS. The number of piperazine rings is 1. The number of para-hydroxylation sites is 1. The first kappa shape index (κ1) is 16.4. The molecule has 0 unspecified atom stereocenters. The van der Waals surface area contributed by atoms with Crippen LogP contribution in [0, 0.1) is 0 Å². The molecule has 1 saturated heterocycles. The number of hydrogen-bond donors (Lipinski definition) is 0. The lowest BCUT2D eigenvalue weighted by molar-refractivity contribution is 0.0628. The van der Waals surface area contributed by atoms with Crippen molar-refractivity contribution in [3.8, 4) is 0 Å². The molecule has 25 heavy (non-hydrogen) atoms. The van der Waals surface area contributed by atoms with Crippen LogP contribution in [0.2, 0.25) is 5.15 Å². The van der Waals surface area contributed by atoms with E-state index in [-0.39, 0.29) is 5.91 Å². The van der Waals surface area contributed by atoms with E-state index in [1.165, 1.54) is 10.9 Å². The zero-order chi connectivity index (χ0) is 17.2. The van der Waals surface area contributed by atoms with Crippen molar-refractivity contribution < 1.29 is 4.79 Å². The Kier molecular flexibility index (Phi) is 4.65. The number of nitrogens with zero attached hydrogens (tertiary/aromatic N) is 4. The molecule has 0 radical (unpaired) electrons. The fourth-order valence-corrected chi connectivity index (χ4v) is 4.09. The average molecular weight is 373 g/mol. The molecule has 1 aliphatic heterocycles. The van der Waals surface area contributed by atoms with Crippen molar-refractivity contribution in [1.29, 1.82) is 0 Å². The van der Waals surface area contributed by atoms with Crippen molar-refractivity contribution >= 4 is 39.1 Å². The van der Waals surface area contributed by atoms with Crippen molar-refractivity contribution in [3.05, 3.63) is 58.3 Å². The van der Waals surface area contributed by atoms with Gasteiger partial charge in [-0.3, -0.25) is 9.69 Å². The molecule has 0 atom stereocenters. The Morgan fingerprint density at radius 1 is 1.12 bits per heavy atom. The molecule has 2 aromatic heterocycles. The highest BCUT2D eigenvalue weighted by Crippen LogP contribution is 2.23. The number of pyridine rings is 1. The van der Waals surface area contributed by atoms with Gasteiger partial charge in [-0.15, -0.1) is 11.3 Å². The van der Waals surface area contributed by atoms with Crippen LogP contribution >= 0.6 is 22.9 Å². The van der Waals surface area contributed by atoms with Crippen molar-refractivity contribution in [1.82, 2.24) is 19.8 Å². The molecule has 0 N–H and O–H groups in total. The Morgan fingerprint density at radius 3 is 2.64 bits per heavy atom. The van der Waals surface area contributed by atoms with Crippen LogP contribution in [0.1, 0.15) is 15.4 Å². The smallest absolute Gasteiger partial charge is 0.255 e. The van der Waals surface area contributed by atoms with Gasteiger partial charge < -0.3 is 4.90 Å². The monoisotopic (exact) mass is 372 g/mol. The maximum Gasteiger partial charge on any atom is 0.255 e. The number of amides is 1. The van der Waals surface area contributed by atoms with E-state index in [0.29, 0.717) is 23.8 Å². The molecule has 0 bridgehead atoms. The van der Waals surface area contributed by atoms with Crippen molar-refractivity contribution in [2.45, 2.75) is 6.54 Å². The second kappa shape index (κ2) is 7.07. The molecule has 7 heteroatoms. The fourth-order valence-electron chi connectivity index (χ4n) is 2.97. The molecule has 1 amide bonds. The molecule has 0 aliphatic carbocycles. The summed E-state index contributed by atoms with van der Waals surface area (Å²) in [5, 5.41) is 1.53. The van der Waals surface area contributed by atoms with Gasteiger partial charge in [0.05, 0.1) is 22.3 Å². The zero-order valence-electron chi connectivity index (χ0n) is 13.6. The van der Waals surface area contributed by atoms with Crippen molar-refractivity contribution in [2.75, 3.05) is 26.2 Å². The second-order valence-corrected chi connectivity index (χ2v) is 7.52. The van der Waals surface area contributed by atoms with Crippen LogP contribution in [0.25, 0.3) is 10.2 Å². The van der Waals surface area contributed by atoms with Gasteiger partial charge in [0.25, 0.3) is 5.91 Å². The van der Waals surface area contributed by atoms with Gasteiger partial charge in [-0.1, -0.05) is 23.7 Å². The van der Waals surface area contributed by atoms with E-state index in [1.807, 2.05) is 23.1 Å². The van der Waals surface area contributed by atoms with E-state index in [0.717, 1.165) is 30.2 Å². The fraction of sp³-hybridized carbons (Fsp3) is 0.278. The number of carbonyl (C=O) groups excluding carboxylic acids is 1. The summed E-state index contributed by atoms with van der Waals surface area (Å²) in [5.74, 6) is 0.0174. The van der Waals surface area contributed by atoms with E-state index in [1.54, 1.807) is 23.5 Å². The van der Waals surface area contributed by atoms with Crippen LogP contribution in [0.5, 0.6) is 0 Å². The third kappa shape index (κ3) is 3.66. The molecule has 3 heterocycles. The molecule has 5 nitrogen and oxygen atoms in total. The van der Waals surface area contributed by atoms with Gasteiger partial charge in [0.2, 0.25) is 0 Å². The van der Waals surface area contributed by atoms with Crippen LogP contribution < -0.4 is 0 Å². The summed E-state index contributed by atoms with van der Waals surface area (Å²) in [6, 6.07) is 11.6.